The first-order valence-corrected chi connectivity index (χ1v) is 9.43. The van der Waals surface area contributed by atoms with Gasteiger partial charge in [0.2, 0.25) is 10.0 Å². The number of halogens is 3. The van der Waals surface area contributed by atoms with Gasteiger partial charge in [0.1, 0.15) is 17.4 Å². The van der Waals surface area contributed by atoms with Crippen molar-refractivity contribution < 1.29 is 26.3 Å². The van der Waals surface area contributed by atoms with Crippen molar-refractivity contribution in [2.45, 2.75) is 24.7 Å². The third kappa shape index (κ3) is 4.87. The van der Waals surface area contributed by atoms with Gasteiger partial charge in [0.15, 0.2) is 0 Å². The maximum Gasteiger partial charge on any atom is 0.573 e. The van der Waals surface area contributed by atoms with Gasteiger partial charge in [-0.1, -0.05) is 6.07 Å². The number of ether oxygens (including phenoxy) is 1. The number of rotatable bonds is 6. The predicted octanol–water partition coefficient (Wildman–Crippen LogP) is 2.95. The number of sulfonamides is 1. The van der Waals surface area contributed by atoms with Gasteiger partial charge in [-0.3, -0.25) is 4.57 Å². The van der Waals surface area contributed by atoms with Gasteiger partial charge in [0.05, 0.1) is 4.90 Å². The number of aryl methyl sites for hydroxylation is 1. The van der Waals surface area contributed by atoms with Crippen molar-refractivity contribution in [3.63, 3.8) is 0 Å². The topological polar surface area (TPSA) is 86.1 Å². The van der Waals surface area contributed by atoms with Crippen molar-refractivity contribution in [2.24, 2.45) is 0 Å². The zero-order valence-corrected chi connectivity index (χ0v) is 15.3. The van der Waals surface area contributed by atoms with Crippen LogP contribution in [0.1, 0.15) is 11.4 Å². The van der Waals surface area contributed by atoms with Crippen LogP contribution in [-0.4, -0.2) is 29.3 Å². The Bertz CT molecular complexity index is 1080. The van der Waals surface area contributed by atoms with Crippen molar-refractivity contribution in [3.8, 4) is 11.6 Å². The van der Waals surface area contributed by atoms with Crippen LogP contribution in [-0.2, 0) is 16.6 Å². The highest BCUT2D eigenvalue weighted by Crippen LogP contribution is 2.25. The number of aromatic nitrogens is 3. The third-order valence-corrected chi connectivity index (χ3v) is 5.10. The second kappa shape index (κ2) is 7.60. The Hall–Kier alpha value is -2.92. The van der Waals surface area contributed by atoms with E-state index >= 15 is 0 Å². The molecule has 1 N–H and O–H groups in total. The zero-order valence-electron chi connectivity index (χ0n) is 14.5. The molecule has 2 aromatic heterocycles. The van der Waals surface area contributed by atoms with E-state index in [0.717, 1.165) is 12.1 Å². The minimum atomic E-state index is -4.91. The maximum atomic E-state index is 12.4. The summed E-state index contributed by atoms with van der Waals surface area (Å²) in [5.74, 6) is 0.663. The number of benzene rings is 1. The molecule has 0 aliphatic carbocycles. The highest BCUT2D eigenvalue weighted by atomic mass is 32.2. The number of imidazole rings is 1. The lowest BCUT2D eigenvalue weighted by Gasteiger charge is -2.11. The quantitative estimate of drug-likeness (QED) is 0.673. The lowest BCUT2D eigenvalue weighted by atomic mass is 10.2. The summed E-state index contributed by atoms with van der Waals surface area (Å²) in [6, 6.07) is 7.49. The van der Waals surface area contributed by atoms with Crippen LogP contribution in [0.2, 0.25) is 0 Å². The van der Waals surface area contributed by atoms with Gasteiger partial charge in [-0.2, -0.15) is 0 Å². The van der Waals surface area contributed by atoms with Gasteiger partial charge in [0, 0.05) is 31.2 Å². The molecule has 1 aromatic carbocycles. The lowest BCUT2D eigenvalue weighted by molar-refractivity contribution is -0.274. The normalized spacial score (nSPS) is 12.1. The zero-order chi connectivity index (χ0) is 20.4. The van der Waals surface area contributed by atoms with E-state index in [0.29, 0.717) is 17.2 Å². The van der Waals surface area contributed by atoms with E-state index in [9.17, 15) is 21.6 Å². The first-order chi connectivity index (χ1) is 13.1. The Kier molecular flexibility index (Phi) is 5.38. The largest absolute Gasteiger partial charge is 0.573 e. The molecule has 3 rings (SSSR count). The molecule has 11 heteroatoms. The number of alkyl halides is 3. The molecule has 0 amide bonds. The molecule has 0 atom stereocenters. The third-order valence-electron chi connectivity index (χ3n) is 3.70. The van der Waals surface area contributed by atoms with E-state index < -0.39 is 22.1 Å². The van der Waals surface area contributed by atoms with Crippen LogP contribution < -0.4 is 9.46 Å². The van der Waals surface area contributed by atoms with Crippen molar-refractivity contribution in [1.29, 1.82) is 0 Å². The Morgan fingerprint density at radius 1 is 1.14 bits per heavy atom. The van der Waals surface area contributed by atoms with Crippen molar-refractivity contribution in [3.05, 3.63) is 66.4 Å². The average molecular weight is 412 g/mol. The van der Waals surface area contributed by atoms with Crippen LogP contribution in [0.15, 0.2) is 59.9 Å². The summed E-state index contributed by atoms with van der Waals surface area (Å²) >= 11 is 0. The van der Waals surface area contributed by atoms with Crippen LogP contribution in [0.5, 0.6) is 5.75 Å². The molecule has 0 saturated heterocycles. The van der Waals surface area contributed by atoms with Gasteiger partial charge >= 0.3 is 6.36 Å². The van der Waals surface area contributed by atoms with Crippen molar-refractivity contribution in [1.82, 2.24) is 19.3 Å². The van der Waals surface area contributed by atoms with E-state index in [1.165, 1.54) is 18.3 Å². The number of nitrogens with one attached hydrogen (secondary N) is 1. The predicted molar refractivity (Wildman–Crippen MR) is 93.2 cm³/mol. The Morgan fingerprint density at radius 3 is 2.61 bits per heavy atom. The van der Waals surface area contributed by atoms with E-state index in [4.69, 9.17) is 0 Å². The number of hydrogen-bond donors (Lipinski definition) is 1. The van der Waals surface area contributed by atoms with Gasteiger partial charge in [-0.05, 0) is 36.8 Å². The fourth-order valence-corrected chi connectivity index (χ4v) is 3.47. The lowest BCUT2D eigenvalue weighted by Crippen LogP contribution is -2.24. The van der Waals surface area contributed by atoms with Crippen LogP contribution in [0.25, 0.3) is 5.82 Å². The van der Waals surface area contributed by atoms with E-state index in [-0.39, 0.29) is 11.4 Å². The molecule has 28 heavy (non-hydrogen) atoms. The second-order valence-corrected chi connectivity index (χ2v) is 7.48. The molecule has 0 radical (unpaired) electrons. The second-order valence-electron chi connectivity index (χ2n) is 5.71. The number of nitrogens with zero attached hydrogens (tertiary/aromatic N) is 3. The van der Waals surface area contributed by atoms with Gasteiger partial charge in [0.25, 0.3) is 0 Å². The summed E-state index contributed by atoms with van der Waals surface area (Å²) in [5.41, 5.74) is 0.615. The fourth-order valence-electron chi connectivity index (χ4n) is 2.42. The minimum Gasteiger partial charge on any atom is -0.406 e. The molecular weight excluding hydrogens is 397 g/mol. The van der Waals surface area contributed by atoms with Crippen LogP contribution in [0.4, 0.5) is 13.2 Å². The molecule has 0 spiro atoms. The molecule has 0 aliphatic heterocycles. The van der Waals surface area contributed by atoms with Crippen LogP contribution in [0.3, 0.4) is 0 Å². The van der Waals surface area contributed by atoms with Gasteiger partial charge in [-0.25, -0.2) is 23.1 Å². The highest BCUT2D eigenvalue weighted by Gasteiger charge is 2.31. The summed E-state index contributed by atoms with van der Waals surface area (Å²) in [6.45, 7) is 1.73. The first-order valence-electron chi connectivity index (χ1n) is 7.95. The molecule has 0 aliphatic rings. The summed E-state index contributed by atoms with van der Waals surface area (Å²) in [4.78, 5) is 7.98. The summed E-state index contributed by atoms with van der Waals surface area (Å²) in [5, 5.41) is 0. The van der Waals surface area contributed by atoms with E-state index in [1.54, 1.807) is 36.0 Å². The molecule has 0 unspecified atom stereocenters. The number of hydrogen-bond acceptors (Lipinski definition) is 5. The first kappa shape index (κ1) is 19.8. The van der Waals surface area contributed by atoms with Crippen molar-refractivity contribution in [2.75, 3.05) is 0 Å². The Balaban J connectivity index is 1.76. The monoisotopic (exact) mass is 412 g/mol. The van der Waals surface area contributed by atoms with Crippen LogP contribution >= 0.6 is 0 Å². The fraction of sp³-hybridized carbons (Fsp3) is 0.176. The molecule has 3 aromatic rings. The summed E-state index contributed by atoms with van der Waals surface area (Å²) < 4.78 is 69.6. The maximum absolute atomic E-state index is 12.4. The molecule has 0 bridgehead atoms. The minimum absolute atomic E-state index is 0.0735. The van der Waals surface area contributed by atoms with Crippen LogP contribution in [0, 0.1) is 6.92 Å². The average Bonchev–Trinajstić information content (AvgIpc) is 3.05. The summed E-state index contributed by atoms with van der Waals surface area (Å²) in [7, 11) is -4.05. The van der Waals surface area contributed by atoms with Gasteiger partial charge < -0.3 is 4.74 Å². The highest BCUT2D eigenvalue weighted by molar-refractivity contribution is 7.89. The molecule has 7 nitrogen and oxygen atoms in total. The smallest absolute Gasteiger partial charge is 0.406 e. The SMILES string of the molecule is Cc1nccn1-c1cc(CNS(=O)(=O)c2cccc(OC(F)(F)F)c2)ccn1. The molecule has 2 heterocycles. The molecule has 148 valence electrons. The molecule has 0 saturated carbocycles. The summed E-state index contributed by atoms with van der Waals surface area (Å²) in [6.07, 6.45) is -0.0505. The standard InChI is InChI=1S/C17H15F3N4O3S/c1-12-21-7-8-24(12)16-9-13(5-6-22-16)11-23-28(25,26)15-4-2-3-14(10-15)27-17(18,19)20/h2-10,23H,11H2,1H3. The molecule has 0 fully saturated rings. The molecular formula is C17H15F3N4O3S. The Labute approximate surface area is 158 Å². The van der Waals surface area contributed by atoms with E-state index in [1.807, 2.05) is 0 Å². The number of pyridine rings is 1. The van der Waals surface area contributed by atoms with E-state index in [2.05, 4.69) is 19.4 Å². The van der Waals surface area contributed by atoms with Crippen molar-refractivity contribution >= 4 is 10.0 Å². The van der Waals surface area contributed by atoms with Gasteiger partial charge in [-0.15, -0.1) is 13.2 Å². The Morgan fingerprint density at radius 2 is 1.93 bits per heavy atom.